The summed E-state index contributed by atoms with van der Waals surface area (Å²) in [4.78, 5) is 18.1. The Bertz CT molecular complexity index is 1420. The monoisotopic (exact) mass is 538 g/mol. The van der Waals surface area contributed by atoms with Gasteiger partial charge in [-0.1, -0.05) is 42.5 Å². The van der Waals surface area contributed by atoms with Crippen LogP contribution in [0.25, 0.3) is 0 Å². The maximum absolute atomic E-state index is 14.0. The Morgan fingerprint density at radius 1 is 0.975 bits per heavy atom. The fourth-order valence-electron chi connectivity index (χ4n) is 8.25. The molecule has 2 N–H and O–H groups in total. The highest BCUT2D eigenvalue weighted by Crippen LogP contribution is 2.66. The van der Waals surface area contributed by atoms with Gasteiger partial charge >= 0.3 is 6.09 Å². The van der Waals surface area contributed by atoms with E-state index in [-0.39, 0.29) is 11.8 Å². The molecular weight excluding hydrogens is 504 g/mol. The lowest BCUT2D eigenvalue weighted by Gasteiger charge is -2.64. The number of nitrogens with zero attached hydrogens (tertiary/aromatic N) is 2. The predicted molar refractivity (Wildman–Crippen MR) is 150 cm³/mol. The molecule has 8 rings (SSSR count). The summed E-state index contributed by atoms with van der Waals surface area (Å²) in [6, 6.07) is 22.7. The summed E-state index contributed by atoms with van der Waals surface area (Å²) in [5.74, 6) is 1.27. The van der Waals surface area contributed by atoms with E-state index in [2.05, 4.69) is 4.90 Å². The number of piperidine rings is 1. The lowest BCUT2D eigenvalue weighted by atomic mass is 9.48. The zero-order valence-electron chi connectivity index (χ0n) is 22.4. The third-order valence-electron chi connectivity index (χ3n) is 10.2. The molecule has 7 heteroatoms. The van der Waals surface area contributed by atoms with Gasteiger partial charge in [0, 0.05) is 18.2 Å². The number of para-hydroxylation sites is 2. The van der Waals surface area contributed by atoms with Crippen LogP contribution in [0.4, 0.5) is 16.2 Å². The molecule has 3 aromatic rings. The van der Waals surface area contributed by atoms with Crippen LogP contribution < -0.4 is 9.64 Å². The first-order valence-corrected chi connectivity index (χ1v) is 14.6. The van der Waals surface area contributed by atoms with Gasteiger partial charge in [0.25, 0.3) is 0 Å². The maximum atomic E-state index is 14.0. The van der Waals surface area contributed by atoms with Crippen molar-refractivity contribution in [1.82, 2.24) is 4.90 Å². The molecule has 7 nitrogen and oxygen atoms in total. The van der Waals surface area contributed by atoms with Gasteiger partial charge in [0.2, 0.25) is 0 Å². The minimum absolute atomic E-state index is 0.0160. The largest absolute Gasteiger partial charge is 0.504 e. The van der Waals surface area contributed by atoms with Crippen LogP contribution >= 0.6 is 0 Å². The van der Waals surface area contributed by atoms with Gasteiger partial charge in [0.05, 0.1) is 22.4 Å². The predicted octanol–water partition coefficient (Wildman–Crippen LogP) is 5.30. The Kier molecular flexibility index (Phi) is 5.29. The Morgan fingerprint density at radius 3 is 2.35 bits per heavy atom. The first kappa shape index (κ1) is 24.3. The topological polar surface area (TPSA) is 82.5 Å². The van der Waals surface area contributed by atoms with Gasteiger partial charge in [-0.25, -0.2) is 9.69 Å². The smallest absolute Gasteiger partial charge is 0.419 e. The van der Waals surface area contributed by atoms with E-state index in [0.29, 0.717) is 36.4 Å². The molecule has 2 saturated carbocycles. The van der Waals surface area contributed by atoms with Crippen molar-refractivity contribution in [3.63, 3.8) is 0 Å². The van der Waals surface area contributed by atoms with Gasteiger partial charge in [-0.2, -0.15) is 0 Å². The number of anilines is 2. The Morgan fingerprint density at radius 2 is 1.68 bits per heavy atom. The van der Waals surface area contributed by atoms with E-state index < -0.39 is 29.3 Å². The lowest BCUT2D eigenvalue weighted by Crippen LogP contribution is -2.77. The molecule has 3 aromatic carbocycles. The number of ether oxygens (including phenoxy) is 2. The summed E-state index contributed by atoms with van der Waals surface area (Å²) in [5.41, 5.74) is 1.75. The lowest BCUT2D eigenvalue weighted by molar-refractivity contribution is -0.207. The summed E-state index contributed by atoms with van der Waals surface area (Å²) in [6.45, 7) is 1.88. The molecule has 2 bridgehead atoms. The zero-order valence-corrected chi connectivity index (χ0v) is 22.4. The molecule has 0 unspecified atom stereocenters. The summed E-state index contributed by atoms with van der Waals surface area (Å²) >= 11 is 0. The molecule has 1 spiro atoms. The van der Waals surface area contributed by atoms with Crippen molar-refractivity contribution in [3.05, 3.63) is 83.9 Å². The van der Waals surface area contributed by atoms with E-state index in [1.807, 2.05) is 66.7 Å². The van der Waals surface area contributed by atoms with Crippen LogP contribution in [0, 0.1) is 5.92 Å². The highest BCUT2D eigenvalue weighted by atomic mass is 16.6. The van der Waals surface area contributed by atoms with Crippen LogP contribution in [0.2, 0.25) is 0 Å². The average molecular weight is 539 g/mol. The zero-order chi connectivity index (χ0) is 27.1. The number of hydrogen-bond acceptors (Lipinski definition) is 6. The molecule has 2 heterocycles. The Hall–Kier alpha value is -3.55. The van der Waals surface area contributed by atoms with Crippen molar-refractivity contribution in [3.8, 4) is 11.5 Å². The van der Waals surface area contributed by atoms with Gasteiger partial charge in [-0.05, 0) is 86.9 Å². The van der Waals surface area contributed by atoms with Crippen LogP contribution in [-0.2, 0) is 16.6 Å². The Balaban J connectivity index is 1.17. The molecular formula is C33H34N2O5. The number of aromatic hydroxyl groups is 1. The van der Waals surface area contributed by atoms with Gasteiger partial charge in [-0.15, -0.1) is 0 Å². The summed E-state index contributed by atoms with van der Waals surface area (Å²) in [5, 5.41) is 23.6. The molecule has 3 aliphatic carbocycles. The highest BCUT2D eigenvalue weighted by molar-refractivity contribution is 5.96. The number of benzene rings is 3. The van der Waals surface area contributed by atoms with E-state index in [9.17, 15) is 15.0 Å². The van der Waals surface area contributed by atoms with Crippen LogP contribution in [-0.4, -0.2) is 58.1 Å². The molecule has 206 valence electrons. The minimum atomic E-state index is -1.02. The standard InChI is InChI=1S/C33H34N2O5/c36-25-14-13-22-19-27-33(38)16-15-26(30-32(33,28(22)29(25)40-30)17-18-34(27)20-21-11-12-21)39-31(37)35(23-7-3-1-4-8-23)24-9-5-2-6-10-24/h1-10,13-14,21,26-27,30,36,38H,11-12,15-20H2/t26-,27-,30+,32+,33-/m1/s1. The first-order chi connectivity index (χ1) is 19.5. The first-order valence-electron chi connectivity index (χ1n) is 14.6. The van der Waals surface area contributed by atoms with Gasteiger partial charge in [0.1, 0.15) is 12.2 Å². The maximum Gasteiger partial charge on any atom is 0.419 e. The van der Waals surface area contributed by atoms with E-state index in [1.54, 1.807) is 11.0 Å². The van der Waals surface area contributed by atoms with E-state index in [1.165, 1.54) is 12.8 Å². The van der Waals surface area contributed by atoms with Crippen LogP contribution in [0.1, 0.15) is 43.2 Å². The SMILES string of the molecule is O=C(O[C@@H]1CC[C@@]2(O)[C@H]3Cc4ccc(O)c5c4[C@@]2(CCN3CC2CC2)[C@H]1O5)N(c1ccccc1)c1ccccc1. The number of carbonyl (C=O) groups excluding carboxylic acids is 1. The van der Waals surface area contributed by atoms with Crippen molar-refractivity contribution in [2.45, 2.75) is 67.8 Å². The van der Waals surface area contributed by atoms with Crippen LogP contribution in [0.3, 0.4) is 0 Å². The fourth-order valence-corrected chi connectivity index (χ4v) is 8.25. The number of aliphatic hydroxyl groups is 1. The number of carbonyl (C=O) groups is 1. The van der Waals surface area contributed by atoms with E-state index in [0.717, 1.165) is 36.6 Å². The number of rotatable bonds is 5. The molecule has 0 aromatic heterocycles. The molecule has 3 fully saturated rings. The molecule has 1 saturated heterocycles. The second-order valence-corrected chi connectivity index (χ2v) is 12.3. The second kappa shape index (κ2) is 8.72. The normalized spacial score (nSPS) is 31.7. The van der Waals surface area contributed by atoms with Gasteiger partial charge in [-0.3, -0.25) is 4.90 Å². The Labute approximate surface area is 233 Å². The molecule has 0 radical (unpaired) electrons. The molecule has 1 amide bonds. The van der Waals surface area contributed by atoms with Crippen molar-refractivity contribution in [2.75, 3.05) is 18.0 Å². The third-order valence-corrected chi connectivity index (χ3v) is 10.2. The van der Waals surface area contributed by atoms with Crippen molar-refractivity contribution < 1.29 is 24.5 Å². The van der Waals surface area contributed by atoms with Crippen LogP contribution in [0.5, 0.6) is 11.5 Å². The second-order valence-electron chi connectivity index (χ2n) is 12.3. The molecule has 2 aliphatic heterocycles. The van der Waals surface area contributed by atoms with E-state index >= 15 is 0 Å². The number of amides is 1. The molecule has 40 heavy (non-hydrogen) atoms. The quantitative estimate of drug-likeness (QED) is 0.459. The van der Waals surface area contributed by atoms with Crippen molar-refractivity contribution >= 4 is 17.5 Å². The summed E-state index contributed by atoms with van der Waals surface area (Å²) in [7, 11) is 0. The number of hydrogen-bond donors (Lipinski definition) is 2. The summed E-state index contributed by atoms with van der Waals surface area (Å²) in [6.07, 6.45) is 3.36. The fraction of sp³-hybridized carbons (Fsp3) is 0.424. The molecule has 5 aliphatic rings. The van der Waals surface area contributed by atoms with Gasteiger partial charge in [0.15, 0.2) is 11.5 Å². The number of phenolic OH excluding ortho intramolecular Hbond substituents is 1. The van der Waals surface area contributed by atoms with Gasteiger partial charge < -0.3 is 19.7 Å². The average Bonchev–Trinajstić information content (AvgIpc) is 3.71. The summed E-state index contributed by atoms with van der Waals surface area (Å²) < 4.78 is 12.9. The minimum Gasteiger partial charge on any atom is -0.504 e. The number of phenols is 1. The van der Waals surface area contributed by atoms with Crippen molar-refractivity contribution in [1.29, 1.82) is 0 Å². The van der Waals surface area contributed by atoms with E-state index in [4.69, 9.17) is 9.47 Å². The van der Waals surface area contributed by atoms with Crippen LogP contribution in [0.15, 0.2) is 72.8 Å². The number of likely N-dealkylation sites (tertiary alicyclic amines) is 1. The highest BCUT2D eigenvalue weighted by Gasteiger charge is 2.73. The molecule has 5 atom stereocenters. The van der Waals surface area contributed by atoms with Crippen molar-refractivity contribution in [2.24, 2.45) is 5.92 Å². The third kappa shape index (κ3) is 3.34.